The molecule has 0 fully saturated rings. The maximum absolute atomic E-state index is 12.1. The van der Waals surface area contributed by atoms with Crippen molar-refractivity contribution in [2.75, 3.05) is 18.5 Å². The lowest BCUT2D eigenvalue weighted by Gasteiger charge is -2.10. The zero-order chi connectivity index (χ0) is 17.5. The van der Waals surface area contributed by atoms with Crippen LogP contribution in [-0.2, 0) is 9.53 Å². The number of halogens is 1. The van der Waals surface area contributed by atoms with Crippen LogP contribution in [0.3, 0.4) is 0 Å². The topological polar surface area (TPSA) is 77.5 Å². The monoisotopic (exact) mass is 440 g/mol. The largest absolute Gasteiger partial charge is 0.477 e. The Labute approximate surface area is 153 Å². The quantitative estimate of drug-likeness (QED) is 0.552. The van der Waals surface area contributed by atoms with Crippen molar-refractivity contribution in [2.45, 2.75) is 13.8 Å². The van der Waals surface area contributed by atoms with Gasteiger partial charge in [-0.1, -0.05) is 0 Å². The predicted octanol–water partition coefficient (Wildman–Crippen LogP) is 3.19. The molecule has 2 aromatic rings. The predicted molar refractivity (Wildman–Crippen MR) is 98.2 cm³/mol. The fraction of sp³-hybridized carbons (Fsp3) is 0.235. The summed E-state index contributed by atoms with van der Waals surface area (Å²) in [5, 5.41) is 2.72. The second-order valence-corrected chi connectivity index (χ2v) is 6.12. The van der Waals surface area contributed by atoms with Crippen LogP contribution < -0.4 is 10.1 Å². The van der Waals surface area contributed by atoms with E-state index in [4.69, 9.17) is 9.47 Å². The van der Waals surface area contributed by atoms with Gasteiger partial charge in [0.2, 0.25) is 5.88 Å². The lowest BCUT2D eigenvalue weighted by Crippen LogP contribution is -2.21. The zero-order valence-electron chi connectivity index (χ0n) is 13.3. The van der Waals surface area contributed by atoms with Gasteiger partial charge >= 0.3 is 5.97 Å². The number of ether oxygens (including phenoxy) is 2. The highest BCUT2D eigenvalue weighted by Crippen LogP contribution is 2.18. The molecule has 6 nitrogen and oxygen atoms in total. The number of aromatic nitrogens is 1. The van der Waals surface area contributed by atoms with Crippen molar-refractivity contribution in [3.05, 3.63) is 51.2 Å². The Bertz CT molecular complexity index is 749. The molecule has 126 valence electrons. The van der Waals surface area contributed by atoms with Gasteiger partial charge in [-0.05, 0) is 72.3 Å². The molecule has 0 aliphatic heterocycles. The zero-order valence-corrected chi connectivity index (χ0v) is 15.5. The first kappa shape index (κ1) is 18.2. The summed E-state index contributed by atoms with van der Waals surface area (Å²) >= 11 is 2.20. The van der Waals surface area contributed by atoms with Crippen LogP contribution in [-0.4, -0.2) is 30.1 Å². The molecular formula is C17H17IN2O4. The molecule has 0 unspecified atom stereocenters. The standard InChI is InChI=1S/C17H17IN2O4/c1-3-23-16-13(5-4-8-19-16)17(22)24-10-15(21)20-14-7-6-12(18)9-11(14)2/h4-9H,3,10H2,1-2H3,(H,20,21). The van der Waals surface area contributed by atoms with E-state index in [-0.39, 0.29) is 18.1 Å². The summed E-state index contributed by atoms with van der Waals surface area (Å²) in [6.07, 6.45) is 1.52. The van der Waals surface area contributed by atoms with Gasteiger partial charge in [0.25, 0.3) is 5.91 Å². The molecule has 1 N–H and O–H groups in total. The van der Waals surface area contributed by atoms with Gasteiger partial charge in [0.05, 0.1) is 6.61 Å². The lowest BCUT2D eigenvalue weighted by atomic mass is 10.2. The van der Waals surface area contributed by atoms with E-state index < -0.39 is 11.9 Å². The molecule has 1 aromatic heterocycles. The van der Waals surface area contributed by atoms with Crippen molar-refractivity contribution in [1.29, 1.82) is 0 Å². The normalized spacial score (nSPS) is 10.1. The third-order valence-corrected chi connectivity index (χ3v) is 3.74. The fourth-order valence-electron chi connectivity index (χ4n) is 1.96. The van der Waals surface area contributed by atoms with Gasteiger partial charge in [-0.2, -0.15) is 0 Å². The van der Waals surface area contributed by atoms with Crippen LogP contribution in [0.1, 0.15) is 22.8 Å². The first-order chi connectivity index (χ1) is 11.5. The number of hydrogen-bond donors (Lipinski definition) is 1. The van der Waals surface area contributed by atoms with E-state index in [2.05, 4.69) is 32.9 Å². The number of benzene rings is 1. The number of amides is 1. The number of anilines is 1. The second kappa shape index (κ2) is 8.62. The third-order valence-electron chi connectivity index (χ3n) is 3.07. The highest BCUT2D eigenvalue weighted by molar-refractivity contribution is 14.1. The molecule has 7 heteroatoms. The van der Waals surface area contributed by atoms with Crippen molar-refractivity contribution in [3.63, 3.8) is 0 Å². The van der Waals surface area contributed by atoms with Crippen LogP contribution in [0, 0.1) is 10.5 Å². The minimum atomic E-state index is -0.652. The number of carbonyl (C=O) groups is 2. The van der Waals surface area contributed by atoms with Crippen molar-refractivity contribution >= 4 is 40.2 Å². The van der Waals surface area contributed by atoms with Crippen LogP contribution >= 0.6 is 22.6 Å². The van der Waals surface area contributed by atoms with Gasteiger partial charge in [-0.3, -0.25) is 4.79 Å². The van der Waals surface area contributed by atoms with E-state index >= 15 is 0 Å². The first-order valence-corrected chi connectivity index (χ1v) is 8.40. The molecule has 0 spiro atoms. The van der Waals surface area contributed by atoms with Gasteiger partial charge in [0.1, 0.15) is 5.56 Å². The smallest absolute Gasteiger partial charge is 0.344 e. The Kier molecular flexibility index (Phi) is 6.53. The molecule has 0 saturated carbocycles. The summed E-state index contributed by atoms with van der Waals surface area (Å²) in [5.74, 6) is -0.866. The van der Waals surface area contributed by atoms with Gasteiger partial charge in [0.15, 0.2) is 6.61 Å². The van der Waals surface area contributed by atoms with Gasteiger partial charge in [-0.25, -0.2) is 9.78 Å². The summed E-state index contributed by atoms with van der Waals surface area (Å²) in [7, 11) is 0. The summed E-state index contributed by atoms with van der Waals surface area (Å²) in [5.41, 5.74) is 1.82. The van der Waals surface area contributed by atoms with Gasteiger partial charge in [-0.15, -0.1) is 0 Å². The molecule has 0 radical (unpaired) electrons. The highest BCUT2D eigenvalue weighted by Gasteiger charge is 2.16. The van der Waals surface area contributed by atoms with Crippen molar-refractivity contribution < 1.29 is 19.1 Å². The molecule has 0 atom stereocenters. The maximum atomic E-state index is 12.1. The number of pyridine rings is 1. The summed E-state index contributed by atoms with van der Waals surface area (Å²) < 4.78 is 11.4. The molecular weight excluding hydrogens is 423 g/mol. The Morgan fingerprint density at radius 2 is 2.08 bits per heavy atom. The van der Waals surface area contributed by atoms with Crippen molar-refractivity contribution in [3.8, 4) is 5.88 Å². The van der Waals surface area contributed by atoms with Crippen LogP contribution in [0.25, 0.3) is 0 Å². The van der Waals surface area contributed by atoms with E-state index in [0.29, 0.717) is 12.3 Å². The van der Waals surface area contributed by atoms with Crippen LogP contribution in [0.2, 0.25) is 0 Å². The van der Waals surface area contributed by atoms with Crippen molar-refractivity contribution in [1.82, 2.24) is 4.98 Å². The second-order valence-electron chi connectivity index (χ2n) is 4.87. The highest BCUT2D eigenvalue weighted by atomic mass is 127. The van der Waals surface area contributed by atoms with E-state index in [0.717, 1.165) is 9.13 Å². The third kappa shape index (κ3) is 4.92. The number of nitrogens with one attached hydrogen (secondary N) is 1. The summed E-state index contributed by atoms with van der Waals surface area (Å²) in [6, 6.07) is 8.80. The Morgan fingerprint density at radius 1 is 1.29 bits per heavy atom. The molecule has 0 aliphatic carbocycles. The number of esters is 1. The minimum Gasteiger partial charge on any atom is -0.477 e. The number of nitrogens with zero attached hydrogens (tertiary/aromatic N) is 1. The lowest BCUT2D eigenvalue weighted by molar-refractivity contribution is -0.119. The molecule has 24 heavy (non-hydrogen) atoms. The molecule has 0 aliphatic rings. The van der Waals surface area contributed by atoms with Crippen LogP contribution in [0.5, 0.6) is 5.88 Å². The Hall–Kier alpha value is -2.16. The Morgan fingerprint density at radius 3 is 2.79 bits per heavy atom. The average molecular weight is 440 g/mol. The average Bonchev–Trinajstić information content (AvgIpc) is 2.56. The summed E-state index contributed by atoms with van der Waals surface area (Å²) in [6.45, 7) is 3.68. The number of aryl methyl sites for hydroxylation is 1. The van der Waals surface area contributed by atoms with Crippen LogP contribution in [0.15, 0.2) is 36.5 Å². The molecule has 1 aromatic carbocycles. The van der Waals surface area contributed by atoms with E-state index in [9.17, 15) is 9.59 Å². The van der Waals surface area contributed by atoms with E-state index in [1.165, 1.54) is 6.20 Å². The summed E-state index contributed by atoms with van der Waals surface area (Å²) in [4.78, 5) is 28.0. The van der Waals surface area contributed by atoms with E-state index in [1.54, 1.807) is 19.1 Å². The van der Waals surface area contributed by atoms with Crippen molar-refractivity contribution in [2.24, 2.45) is 0 Å². The molecule has 0 bridgehead atoms. The molecule has 1 heterocycles. The SMILES string of the molecule is CCOc1ncccc1C(=O)OCC(=O)Nc1ccc(I)cc1C. The maximum Gasteiger partial charge on any atom is 0.344 e. The fourth-order valence-corrected chi connectivity index (χ4v) is 2.61. The number of hydrogen-bond acceptors (Lipinski definition) is 5. The number of carbonyl (C=O) groups excluding carboxylic acids is 2. The van der Waals surface area contributed by atoms with Gasteiger partial charge in [0, 0.05) is 15.5 Å². The van der Waals surface area contributed by atoms with Crippen LogP contribution in [0.4, 0.5) is 5.69 Å². The number of rotatable bonds is 6. The first-order valence-electron chi connectivity index (χ1n) is 7.32. The van der Waals surface area contributed by atoms with Gasteiger partial charge < -0.3 is 14.8 Å². The Balaban J connectivity index is 1.95. The molecule has 1 amide bonds. The molecule has 0 saturated heterocycles. The molecule has 2 rings (SSSR count). The minimum absolute atomic E-state index is 0.192. The van der Waals surface area contributed by atoms with E-state index in [1.807, 2.05) is 25.1 Å².